The normalized spacial score (nSPS) is 15.6. The summed E-state index contributed by atoms with van der Waals surface area (Å²) in [5.74, 6) is -0.369. The lowest BCUT2D eigenvalue weighted by molar-refractivity contribution is 0.0593. The molecule has 82 valence electrons. The van der Waals surface area contributed by atoms with E-state index in [-0.39, 0.29) is 5.97 Å². The largest absolute Gasteiger partial charge is 0.464 e. The van der Waals surface area contributed by atoms with Crippen molar-refractivity contribution in [3.8, 4) is 0 Å². The Morgan fingerprint density at radius 3 is 3.13 bits per heavy atom. The highest BCUT2D eigenvalue weighted by molar-refractivity contribution is 9.10. The van der Waals surface area contributed by atoms with Crippen molar-refractivity contribution in [2.24, 2.45) is 0 Å². The van der Waals surface area contributed by atoms with Gasteiger partial charge in [-0.1, -0.05) is 0 Å². The molecule has 0 radical (unpaired) electrons. The number of methoxy groups -OCH3 is 1. The van der Waals surface area contributed by atoms with Crippen LogP contribution in [0.2, 0.25) is 0 Å². The topological polar surface area (TPSA) is 56.1 Å². The highest BCUT2D eigenvalue weighted by Gasteiger charge is 2.22. The predicted molar refractivity (Wildman–Crippen MR) is 57.8 cm³/mol. The molecule has 0 aliphatic carbocycles. The molecule has 0 saturated heterocycles. The Morgan fingerprint density at radius 1 is 1.60 bits per heavy atom. The summed E-state index contributed by atoms with van der Waals surface area (Å²) in [6.07, 6.45) is 0.795. The molecule has 1 aromatic rings. The van der Waals surface area contributed by atoms with E-state index in [2.05, 4.69) is 26.2 Å². The molecule has 15 heavy (non-hydrogen) atoms. The quantitative estimate of drug-likeness (QED) is 0.761. The van der Waals surface area contributed by atoms with Gasteiger partial charge in [-0.25, -0.2) is 9.78 Å². The van der Waals surface area contributed by atoms with E-state index in [0.29, 0.717) is 10.4 Å². The molecule has 5 nitrogen and oxygen atoms in total. The molecule has 0 bridgehead atoms. The van der Waals surface area contributed by atoms with Crippen LogP contribution in [0.5, 0.6) is 0 Å². The fourth-order valence-corrected chi connectivity index (χ4v) is 2.29. The fraction of sp³-hybridized carbons (Fsp3) is 0.556. The van der Waals surface area contributed by atoms with Crippen molar-refractivity contribution < 1.29 is 9.53 Å². The molecule has 0 amide bonds. The summed E-state index contributed by atoms with van der Waals surface area (Å²) in [7, 11) is 1.37. The first-order valence-corrected chi connectivity index (χ1v) is 5.57. The third kappa shape index (κ3) is 1.91. The second-order valence-electron chi connectivity index (χ2n) is 3.32. The van der Waals surface area contributed by atoms with E-state index >= 15 is 0 Å². The number of aromatic nitrogens is 2. The number of rotatable bonds is 1. The molecule has 1 aliphatic rings. The number of esters is 1. The van der Waals surface area contributed by atoms with Crippen LogP contribution in [-0.4, -0.2) is 35.7 Å². The molecule has 0 aromatic carbocycles. The van der Waals surface area contributed by atoms with Crippen molar-refractivity contribution in [2.45, 2.75) is 13.0 Å². The smallest absolute Gasteiger partial charge is 0.358 e. The SMILES string of the molecule is COC(=O)c1nc(Br)n2c1CCNCC2. The average Bonchev–Trinajstić information content (AvgIpc) is 2.45. The van der Waals surface area contributed by atoms with Gasteiger partial charge in [0.05, 0.1) is 12.8 Å². The highest BCUT2D eigenvalue weighted by Crippen LogP contribution is 2.19. The third-order valence-electron chi connectivity index (χ3n) is 2.46. The lowest BCUT2D eigenvalue weighted by atomic mass is 10.2. The van der Waals surface area contributed by atoms with E-state index in [1.54, 1.807) is 0 Å². The Balaban J connectivity index is 2.44. The zero-order valence-corrected chi connectivity index (χ0v) is 10.0. The predicted octanol–water partition coefficient (Wildman–Crippen LogP) is 0.578. The van der Waals surface area contributed by atoms with E-state index in [9.17, 15) is 4.79 Å². The van der Waals surface area contributed by atoms with Crippen LogP contribution in [0.1, 0.15) is 16.2 Å². The van der Waals surface area contributed by atoms with E-state index in [1.807, 2.05) is 4.57 Å². The number of halogens is 1. The molecule has 0 fully saturated rings. The van der Waals surface area contributed by atoms with Crippen molar-refractivity contribution in [1.82, 2.24) is 14.9 Å². The van der Waals surface area contributed by atoms with Gasteiger partial charge < -0.3 is 14.6 Å². The number of carbonyl (C=O) groups excluding carboxylic acids is 1. The van der Waals surface area contributed by atoms with Crippen LogP contribution in [0, 0.1) is 0 Å². The molecule has 2 rings (SSSR count). The van der Waals surface area contributed by atoms with Gasteiger partial charge in [0, 0.05) is 26.1 Å². The zero-order valence-electron chi connectivity index (χ0n) is 8.42. The summed E-state index contributed by atoms with van der Waals surface area (Å²) in [6.45, 7) is 2.57. The minimum absolute atomic E-state index is 0.369. The molecule has 0 atom stereocenters. The van der Waals surface area contributed by atoms with Gasteiger partial charge in [-0.3, -0.25) is 0 Å². The molecular formula is C9H12BrN3O2. The lowest BCUT2D eigenvalue weighted by Crippen LogP contribution is -2.17. The Labute approximate surface area is 95.9 Å². The first-order chi connectivity index (χ1) is 7.24. The van der Waals surface area contributed by atoms with Crippen molar-refractivity contribution in [2.75, 3.05) is 20.2 Å². The number of imidazole rings is 1. The van der Waals surface area contributed by atoms with E-state index in [1.165, 1.54) is 7.11 Å². The Morgan fingerprint density at radius 2 is 2.40 bits per heavy atom. The number of hydrogen-bond donors (Lipinski definition) is 1. The number of fused-ring (bicyclic) bond motifs is 1. The van der Waals surface area contributed by atoms with Gasteiger partial charge in [-0.15, -0.1) is 0 Å². The van der Waals surface area contributed by atoms with Gasteiger partial charge in [-0.2, -0.15) is 0 Å². The maximum atomic E-state index is 11.5. The van der Waals surface area contributed by atoms with Crippen LogP contribution in [0.25, 0.3) is 0 Å². The third-order valence-corrected chi connectivity index (χ3v) is 3.06. The summed E-state index contributed by atoms with van der Waals surface area (Å²) in [6, 6.07) is 0. The van der Waals surface area contributed by atoms with Crippen LogP contribution in [0.4, 0.5) is 0 Å². The highest BCUT2D eigenvalue weighted by atomic mass is 79.9. The van der Waals surface area contributed by atoms with Crippen LogP contribution in [-0.2, 0) is 17.7 Å². The van der Waals surface area contributed by atoms with Crippen molar-refractivity contribution in [3.63, 3.8) is 0 Å². The van der Waals surface area contributed by atoms with Crippen molar-refractivity contribution in [1.29, 1.82) is 0 Å². The number of ether oxygens (including phenoxy) is 1. The minimum Gasteiger partial charge on any atom is -0.464 e. The van der Waals surface area contributed by atoms with Gasteiger partial charge in [0.1, 0.15) is 0 Å². The maximum Gasteiger partial charge on any atom is 0.358 e. The second-order valence-corrected chi connectivity index (χ2v) is 4.03. The van der Waals surface area contributed by atoms with Crippen LogP contribution in [0.3, 0.4) is 0 Å². The van der Waals surface area contributed by atoms with Gasteiger partial charge in [0.2, 0.25) is 0 Å². The van der Waals surface area contributed by atoms with E-state index < -0.39 is 0 Å². The first-order valence-electron chi connectivity index (χ1n) is 4.78. The monoisotopic (exact) mass is 273 g/mol. The van der Waals surface area contributed by atoms with E-state index in [4.69, 9.17) is 4.74 Å². The molecule has 1 N–H and O–H groups in total. The zero-order chi connectivity index (χ0) is 10.8. The maximum absolute atomic E-state index is 11.5. The van der Waals surface area contributed by atoms with E-state index in [0.717, 1.165) is 31.7 Å². The average molecular weight is 274 g/mol. The Hall–Kier alpha value is -0.880. The molecular weight excluding hydrogens is 262 g/mol. The number of carbonyl (C=O) groups is 1. The van der Waals surface area contributed by atoms with Gasteiger partial charge >= 0.3 is 5.97 Å². The lowest BCUT2D eigenvalue weighted by Gasteiger charge is -2.04. The molecule has 0 spiro atoms. The Kier molecular flexibility index (Phi) is 3.06. The first kappa shape index (κ1) is 10.6. The Bertz CT molecular complexity index is 389. The van der Waals surface area contributed by atoms with Crippen LogP contribution < -0.4 is 5.32 Å². The van der Waals surface area contributed by atoms with Crippen LogP contribution in [0.15, 0.2) is 4.73 Å². The molecule has 0 saturated carbocycles. The van der Waals surface area contributed by atoms with Gasteiger partial charge in [-0.05, 0) is 15.9 Å². The molecule has 1 aromatic heterocycles. The summed E-state index contributed by atoms with van der Waals surface area (Å²) < 4.78 is 7.40. The van der Waals surface area contributed by atoms with Gasteiger partial charge in [0.25, 0.3) is 0 Å². The van der Waals surface area contributed by atoms with Crippen molar-refractivity contribution in [3.05, 3.63) is 16.1 Å². The van der Waals surface area contributed by atoms with Gasteiger partial charge in [0.15, 0.2) is 10.4 Å². The standard InChI is InChI=1S/C9H12BrN3O2/c1-15-8(14)7-6-2-3-11-4-5-13(6)9(10)12-7/h11H,2-5H2,1H3. The molecule has 0 unspecified atom stereocenters. The number of nitrogens with one attached hydrogen (secondary N) is 1. The summed E-state index contributed by atoms with van der Waals surface area (Å²) in [5, 5.41) is 3.27. The second kappa shape index (κ2) is 4.32. The summed E-state index contributed by atoms with van der Waals surface area (Å²) >= 11 is 3.35. The molecule has 2 heterocycles. The van der Waals surface area contributed by atoms with Crippen molar-refractivity contribution >= 4 is 21.9 Å². The minimum atomic E-state index is -0.369. The fourth-order valence-electron chi connectivity index (χ4n) is 1.72. The summed E-state index contributed by atoms with van der Waals surface area (Å²) in [5.41, 5.74) is 1.37. The molecule has 6 heteroatoms. The molecule has 1 aliphatic heterocycles. The summed E-state index contributed by atoms with van der Waals surface area (Å²) in [4.78, 5) is 15.7. The number of hydrogen-bond acceptors (Lipinski definition) is 4. The number of nitrogens with zero attached hydrogens (tertiary/aromatic N) is 2. The van der Waals surface area contributed by atoms with Crippen LogP contribution >= 0.6 is 15.9 Å².